The van der Waals surface area contributed by atoms with E-state index >= 15 is 0 Å². The lowest BCUT2D eigenvalue weighted by atomic mass is 10.2. The second-order valence-corrected chi connectivity index (χ2v) is 5.92. The molecule has 3 rings (SSSR count). The first-order valence-corrected chi connectivity index (χ1v) is 8.36. The summed E-state index contributed by atoms with van der Waals surface area (Å²) in [5.74, 6) is -3.92. The molecule has 2 amide bonds. The molecule has 1 unspecified atom stereocenters. The average Bonchev–Trinajstić information content (AvgIpc) is 3.14. The molecule has 0 bridgehead atoms. The molecule has 2 aliphatic rings. The summed E-state index contributed by atoms with van der Waals surface area (Å²) in [6, 6.07) is 7.33. The van der Waals surface area contributed by atoms with Gasteiger partial charge in [-0.2, -0.15) is 0 Å². The van der Waals surface area contributed by atoms with Gasteiger partial charge in [0.2, 0.25) is 11.8 Å². The molecule has 0 aliphatic carbocycles. The number of para-hydroxylation sites is 2. The lowest BCUT2D eigenvalue weighted by molar-refractivity contribution is -0.159. The fourth-order valence-electron chi connectivity index (χ4n) is 2.70. The smallest absolute Gasteiger partial charge is 0.414 e. The number of benzene rings is 1. The lowest BCUT2D eigenvalue weighted by Crippen LogP contribution is -2.46. The molecule has 27 heavy (non-hydrogen) atoms. The second-order valence-electron chi connectivity index (χ2n) is 5.92. The SMILES string of the molecule is O=C(O)C(=O)O.O=C1CN(C(=O)CNCC2CCCO2)c2ccccc2N1. The van der Waals surface area contributed by atoms with E-state index in [1.165, 1.54) is 4.90 Å². The predicted octanol–water partition coefficient (Wildman–Crippen LogP) is -0.104. The number of ether oxygens (including phenoxy) is 1. The largest absolute Gasteiger partial charge is 0.473 e. The Morgan fingerprint density at radius 1 is 1.22 bits per heavy atom. The molecule has 2 aliphatic heterocycles. The highest BCUT2D eigenvalue weighted by Crippen LogP contribution is 2.28. The van der Waals surface area contributed by atoms with E-state index in [2.05, 4.69) is 10.6 Å². The molecule has 1 atom stereocenters. The summed E-state index contributed by atoms with van der Waals surface area (Å²) in [5.41, 5.74) is 1.43. The summed E-state index contributed by atoms with van der Waals surface area (Å²) in [6.07, 6.45) is 2.32. The highest BCUT2D eigenvalue weighted by Gasteiger charge is 2.26. The molecule has 10 heteroatoms. The van der Waals surface area contributed by atoms with Gasteiger partial charge in [0.15, 0.2) is 0 Å². The number of nitrogens with zero attached hydrogens (tertiary/aromatic N) is 1. The highest BCUT2D eigenvalue weighted by atomic mass is 16.5. The van der Waals surface area contributed by atoms with Crippen LogP contribution in [0.15, 0.2) is 24.3 Å². The van der Waals surface area contributed by atoms with Crippen LogP contribution in [-0.4, -0.2) is 66.3 Å². The molecule has 0 spiro atoms. The number of amides is 2. The van der Waals surface area contributed by atoms with Gasteiger partial charge in [-0.25, -0.2) is 9.59 Å². The summed E-state index contributed by atoms with van der Waals surface area (Å²) < 4.78 is 5.50. The van der Waals surface area contributed by atoms with Crippen molar-refractivity contribution in [2.24, 2.45) is 0 Å². The number of carboxylic acid groups (broad SMARTS) is 2. The minimum Gasteiger partial charge on any atom is -0.473 e. The number of hydrogen-bond acceptors (Lipinski definition) is 6. The Hall–Kier alpha value is -2.98. The van der Waals surface area contributed by atoms with Crippen LogP contribution < -0.4 is 15.5 Å². The third-order valence-corrected chi connectivity index (χ3v) is 3.93. The molecule has 0 radical (unpaired) electrons. The second kappa shape index (κ2) is 9.64. The third-order valence-electron chi connectivity index (χ3n) is 3.93. The van der Waals surface area contributed by atoms with E-state index in [4.69, 9.17) is 24.5 Å². The predicted molar refractivity (Wildman–Crippen MR) is 94.5 cm³/mol. The standard InChI is InChI=1S/C15H19N3O3.C2H2O4/c19-14-10-18(13-6-2-1-5-12(13)17-14)15(20)9-16-8-11-4-3-7-21-11;3-1(4)2(5)6/h1-2,5-6,11,16H,3-4,7-10H2,(H,17,19);(H,3,4)(H,5,6). The normalized spacial score (nSPS) is 18.0. The molecule has 1 fully saturated rings. The van der Waals surface area contributed by atoms with Crippen molar-refractivity contribution >= 4 is 35.1 Å². The number of nitrogens with one attached hydrogen (secondary N) is 2. The first-order valence-electron chi connectivity index (χ1n) is 8.36. The van der Waals surface area contributed by atoms with E-state index in [9.17, 15) is 9.59 Å². The summed E-state index contributed by atoms with van der Waals surface area (Å²) in [5, 5.41) is 20.7. The molecule has 2 heterocycles. The van der Waals surface area contributed by atoms with Crippen LogP contribution in [0.25, 0.3) is 0 Å². The fourth-order valence-corrected chi connectivity index (χ4v) is 2.70. The van der Waals surface area contributed by atoms with Gasteiger partial charge in [-0.05, 0) is 25.0 Å². The van der Waals surface area contributed by atoms with Crippen LogP contribution in [0, 0.1) is 0 Å². The van der Waals surface area contributed by atoms with Gasteiger partial charge in [-0.1, -0.05) is 12.1 Å². The summed E-state index contributed by atoms with van der Waals surface area (Å²) in [6.45, 7) is 1.76. The van der Waals surface area contributed by atoms with Crippen molar-refractivity contribution in [1.29, 1.82) is 0 Å². The Labute approximate surface area is 155 Å². The third kappa shape index (κ3) is 6.04. The van der Waals surface area contributed by atoms with Crippen LogP contribution in [0.4, 0.5) is 11.4 Å². The van der Waals surface area contributed by atoms with Crippen molar-refractivity contribution in [3.8, 4) is 0 Å². The molecule has 10 nitrogen and oxygen atoms in total. The Balaban J connectivity index is 0.000000380. The number of fused-ring (bicyclic) bond motifs is 1. The topological polar surface area (TPSA) is 145 Å². The number of carbonyl (C=O) groups excluding carboxylic acids is 2. The average molecular weight is 379 g/mol. The van der Waals surface area contributed by atoms with Crippen LogP contribution in [0.3, 0.4) is 0 Å². The van der Waals surface area contributed by atoms with E-state index < -0.39 is 11.9 Å². The molecule has 4 N–H and O–H groups in total. The summed E-state index contributed by atoms with van der Waals surface area (Å²) >= 11 is 0. The number of anilines is 2. The van der Waals surface area contributed by atoms with Crippen molar-refractivity contribution in [3.05, 3.63) is 24.3 Å². The Bertz CT molecular complexity index is 704. The molecule has 0 aromatic heterocycles. The van der Waals surface area contributed by atoms with Gasteiger partial charge >= 0.3 is 11.9 Å². The molecule has 1 aromatic rings. The molecular weight excluding hydrogens is 358 g/mol. The quantitative estimate of drug-likeness (QED) is 0.531. The monoisotopic (exact) mass is 379 g/mol. The summed E-state index contributed by atoms with van der Waals surface area (Å²) in [7, 11) is 0. The van der Waals surface area contributed by atoms with Crippen molar-refractivity contribution in [1.82, 2.24) is 5.32 Å². The number of aliphatic carboxylic acids is 2. The molecule has 0 saturated carbocycles. The molecule has 146 valence electrons. The van der Waals surface area contributed by atoms with Crippen molar-refractivity contribution in [3.63, 3.8) is 0 Å². The number of carboxylic acids is 2. The minimum absolute atomic E-state index is 0.0669. The zero-order chi connectivity index (χ0) is 19.8. The number of carbonyl (C=O) groups is 4. The molecule has 1 saturated heterocycles. The maximum Gasteiger partial charge on any atom is 0.414 e. The van der Waals surface area contributed by atoms with Crippen molar-refractivity contribution in [2.75, 3.05) is 36.5 Å². The first kappa shape index (κ1) is 20.3. The fraction of sp³-hybridized carbons (Fsp3) is 0.412. The van der Waals surface area contributed by atoms with Gasteiger partial charge in [0, 0.05) is 13.2 Å². The van der Waals surface area contributed by atoms with Gasteiger partial charge in [0.1, 0.15) is 6.54 Å². The van der Waals surface area contributed by atoms with Crippen LogP contribution in [0.5, 0.6) is 0 Å². The minimum atomic E-state index is -1.82. The Kier molecular flexibility index (Phi) is 7.26. The van der Waals surface area contributed by atoms with E-state index in [-0.39, 0.29) is 31.0 Å². The van der Waals surface area contributed by atoms with Crippen LogP contribution in [0.2, 0.25) is 0 Å². The van der Waals surface area contributed by atoms with Crippen LogP contribution in [-0.2, 0) is 23.9 Å². The zero-order valence-corrected chi connectivity index (χ0v) is 14.5. The van der Waals surface area contributed by atoms with Crippen molar-refractivity contribution in [2.45, 2.75) is 18.9 Å². The van der Waals surface area contributed by atoms with Crippen LogP contribution >= 0.6 is 0 Å². The van der Waals surface area contributed by atoms with Gasteiger partial charge < -0.3 is 25.6 Å². The van der Waals surface area contributed by atoms with Crippen LogP contribution in [0.1, 0.15) is 12.8 Å². The highest BCUT2D eigenvalue weighted by molar-refractivity contribution is 6.27. The maximum absolute atomic E-state index is 12.3. The molecule has 1 aromatic carbocycles. The van der Waals surface area contributed by atoms with E-state index in [0.717, 1.165) is 25.1 Å². The molecular formula is C17H21N3O7. The van der Waals surface area contributed by atoms with E-state index in [1.807, 2.05) is 18.2 Å². The first-order chi connectivity index (χ1) is 12.9. The van der Waals surface area contributed by atoms with Gasteiger partial charge in [-0.15, -0.1) is 0 Å². The van der Waals surface area contributed by atoms with E-state index in [0.29, 0.717) is 12.2 Å². The Morgan fingerprint density at radius 3 is 2.56 bits per heavy atom. The van der Waals surface area contributed by atoms with Gasteiger partial charge in [0.25, 0.3) is 0 Å². The lowest BCUT2D eigenvalue weighted by Gasteiger charge is -2.29. The number of hydrogen-bond donors (Lipinski definition) is 4. The number of rotatable bonds is 4. The van der Waals surface area contributed by atoms with Crippen molar-refractivity contribution < 1.29 is 34.1 Å². The maximum atomic E-state index is 12.3. The van der Waals surface area contributed by atoms with Gasteiger partial charge in [-0.3, -0.25) is 14.5 Å². The Morgan fingerprint density at radius 2 is 1.93 bits per heavy atom. The van der Waals surface area contributed by atoms with Gasteiger partial charge in [0.05, 0.1) is 24.0 Å². The van der Waals surface area contributed by atoms with E-state index in [1.54, 1.807) is 6.07 Å². The zero-order valence-electron chi connectivity index (χ0n) is 14.5. The summed E-state index contributed by atoms with van der Waals surface area (Å²) in [4.78, 5) is 43.7.